The van der Waals surface area contributed by atoms with Crippen LogP contribution in [0.25, 0.3) is 0 Å². The summed E-state index contributed by atoms with van der Waals surface area (Å²) in [6.07, 6.45) is 1.78. The average Bonchev–Trinajstić information content (AvgIpc) is 2.50. The van der Waals surface area contributed by atoms with Gasteiger partial charge in [0.25, 0.3) is 5.91 Å². The lowest BCUT2D eigenvalue weighted by Gasteiger charge is -2.30. The standard InChI is InChI=1S/C15H23ClN2O2/c1-4-15(5-2,10-19)9-18-11-6-7-13(16)12(8-11)14(20)17-3/h6-8,18-19H,4-5,9-10H2,1-3H3,(H,17,20). The summed E-state index contributed by atoms with van der Waals surface area (Å²) in [5, 5.41) is 15.8. The van der Waals surface area contributed by atoms with Crippen molar-refractivity contribution in [2.45, 2.75) is 26.7 Å². The molecule has 1 amide bonds. The SMILES string of the molecule is CCC(CC)(CO)CNc1ccc(Cl)c(C(=O)NC)c1. The van der Waals surface area contributed by atoms with Gasteiger partial charge in [-0.05, 0) is 31.0 Å². The number of halogens is 1. The monoisotopic (exact) mass is 298 g/mol. The van der Waals surface area contributed by atoms with Gasteiger partial charge in [-0.3, -0.25) is 4.79 Å². The molecule has 0 aliphatic heterocycles. The lowest BCUT2D eigenvalue weighted by molar-refractivity contribution is 0.0963. The third-order valence-electron chi connectivity index (χ3n) is 3.94. The Morgan fingerprint density at radius 2 is 2.00 bits per heavy atom. The number of hydrogen-bond acceptors (Lipinski definition) is 3. The summed E-state index contributed by atoms with van der Waals surface area (Å²) in [7, 11) is 1.57. The van der Waals surface area contributed by atoms with Crippen molar-refractivity contribution in [1.29, 1.82) is 0 Å². The Morgan fingerprint density at radius 3 is 2.50 bits per heavy atom. The van der Waals surface area contributed by atoms with Gasteiger partial charge in [0.1, 0.15) is 0 Å². The highest BCUT2D eigenvalue weighted by atomic mass is 35.5. The zero-order valence-electron chi connectivity index (χ0n) is 12.3. The van der Waals surface area contributed by atoms with Gasteiger partial charge in [0.2, 0.25) is 0 Å². The van der Waals surface area contributed by atoms with E-state index in [1.165, 1.54) is 0 Å². The number of anilines is 1. The van der Waals surface area contributed by atoms with Gasteiger partial charge in [0, 0.05) is 24.7 Å². The molecule has 0 saturated heterocycles. The largest absolute Gasteiger partial charge is 0.396 e. The zero-order chi connectivity index (χ0) is 15.2. The lowest BCUT2D eigenvalue weighted by Crippen LogP contribution is -2.32. The lowest BCUT2D eigenvalue weighted by atomic mass is 9.83. The fraction of sp³-hybridized carbons (Fsp3) is 0.533. The molecule has 20 heavy (non-hydrogen) atoms. The quantitative estimate of drug-likeness (QED) is 0.725. The van der Waals surface area contributed by atoms with E-state index in [1.54, 1.807) is 19.2 Å². The van der Waals surface area contributed by atoms with Crippen LogP contribution >= 0.6 is 11.6 Å². The minimum Gasteiger partial charge on any atom is -0.396 e. The van der Waals surface area contributed by atoms with Crippen molar-refractivity contribution in [3.8, 4) is 0 Å². The Morgan fingerprint density at radius 1 is 1.35 bits per heavy atom. The number of rotatable bonds is 7. The van der Waals surface area contributed by atoms with Crippen LogP contribution in [-0.2, 0) is 0 Å². The molecule has 4 nitrogen and oxygen atoms in total. The normalized spacial score (nSPS) is 11.2. The van der Waals surface area contributed by atoms with Crippen LogP contribution in [-0.4, -0.2) is 31.2 Å². The van der Waals surface area contributed by atoms with E-state index < -0.39 is 0 Å². The fourth-order valence-electron chi connectivity index (χ4n) is 2.01. The average molecular weight is 299 g/mol. The van der Waals surface area contributed by atoms with Crippen LogP contribution in [0.3, 0.4) is 0 Å². The number of carbonyl (C=O) groups is 1. The summed E-state index contributed by atoms with van der Waals surface area (Å²) in [4.78, 5) is 11.7. The van der Waals surface area contributed by atoms with Gasteiger partial charge in [-0.25, -0.2) is 0 Å². The molecule has 0 unspecified atom stereocenters. The Labute approximate surface area is 125 Å². The van der Waals surface area contributed by atoms with Crippen molar-refractivity contribution < 1.29 is 9.90 Å². The fourth-order valence-corrected chi connectivity index (χ4v) is 2.22. The molecule has 0 atom stereocenters. The van der Waals surface area contributed by atoms with Gasteiger partial charge in [0.05, 0.1) is 17.2 Å². The number of nitrogens with one attached hydrogen (secondary N) is 2. The van der Waals surface area contributed by atoms with Gasteiger partial charge in [-0.15, -0.1) is 0 Å². The summed E-state index contributed by atoms with van der Waals surface area (Å²) in [6, 6.07) is 5.27. The van der Waals surface area contributed by atoms with E-state index in [9.17, 15) is 9.90 Å². The van der Waals surface area contributed by atoms with Crippen molar-refractivity contribution in [2.75, 3.05) is 25.5 Å². The van der Waals surface area contributed by atoms with Crippen LogP contribution in [0.2, 0.25) is 5.02 Å². The number of hydrogen-bond donors (Lipinski definition) is 3. The van der Waals surface area contributed by atoms with Crippen molar-refractivity contribution in [1.82, 2.24) is 5.32 Å². The maximum absolute atomic E-state index is 11.7. The first-order valence-electron chi connectivity index (χ1n) is 6.88. The molecule has 0 spiro atoms. The third kappa shape index (κ3) is 3.87. The number of benzene rings is 1. The molecule has 3 N–H and O–H groups in total. The first-order valence-corrected chi connectivity index (χ1v) is 7.26. The van der Waals surface area contributed by atoms with Crippen LogP contribution in [0.15, 0.2) is 18.2 Å². The van der Waals surface area contributed by atoms with E-state index in [4.69, 9.17) is 11.6 Å². The predicted octanol–water partition coefficient (Wildman–Crippen LogP) is 2.91. The van der Waals surface area contributed by atoms with Gasteiger partial charge < -0.3 is 15.7 Å². The summed E-state index contributed by atoms with van der Waals surface area (Å²) in [5.41, 5.74) is 1.14. The van der Waals surface area contributed by atoms with Crippen LogP contribution in [0, 0.1) is 5.41 Å². The van der Waals surface area contributed by atoms with Crippen LogP contribution in [0.1, 0.15) is 37.0 Å². The summed E-state index contributed by atoms with van der Waals surface area (Å²) >= 11 is 6.01. The maximum atomic E-state index is 11.7. The Hall–Kier alpha value is -1.26. The molecule has 0 saturated carbocycles. The number of aliphatic hydroxyl groups excluding tert-OH is 1. The molecule has 0 radical (unpaired) electrons. The van der Waals surface area contributed by atoms with Gasteiger partial charge >= 0.3 is 0 Å². The Bertz CT molecular complexity index is 451. The zero-order valence-corrected chi connectivity index (χ0v) is 13.0. The molecule has 0 aromatic heterocycles. The molecule has 1 rings (SSSR count). The first-order chi connectivity index (χ1) is 9.51. The first kappa shape index (κ1) is 16.8. The smallest absolute Gasteiger partial charge is 0.252 e. The second-order valence-corrected chi connectivity index (χ2v) is 5.40. The van der Waals surface area contributed by atoms with Crippen LogP contribution < -0.4 is 10.6 Å². The summed E-state index contributed by atoms with van der Waals surface area (Å²) < 4.78 is 0. The Kier molecular flexibility index (Phi) is 6.30. The topological polar surface area (TPSA) is 61.4 Å². The minimum absolute atomic E-state index is 0.132. The van der Waals surface area contributed by atoms with Crippen molar-refractivity contribution >= 4 is 23.2 Å². The molecule has 5 heteroatoms. The minimum atomic E-state index is -0.210. The van der Waals surface area contributed by atoms with Crippen molar-refractivity contribution in [3.63, 3.8) is 0 Å². The molecule has 1 aromatic rings. The van der Waals surface area contributed by atoms with E-state index in [-0.39, 0.29) is 17.9 Å². The highest BCUT2D eigenvalue weighted by Crippen LogP contribution is 2.27. The third-order valence-corrected chi connectivity index (χ3v) is 4.27. The number of amides is 1. The van der Waals surface area contributed by atoms with Crippen molar-refractivity contribution in [2.24, 2.45) is 5.41 Å². The van der Waals surface area contributed by atoms with E-state index in [0.717, 1.165) is 18.5 Å². The van der Waals surface area contributed by atoms with Gasteiger partial charge in [0.15, 0.2) is 0 Å². The Balaban J connectivity index is 2.86. The number of aliphatic hydroxyl groups is 1. The van der Waals surface area contributed by atoms with Crippen LogP contribution in [0.5, 0.6) is 0 Å². The van der Waals surface area contributed by atoms with Crippen molar-refractivity contribution in [3.05, 3.63) is 28.8 Å². The number of carbonyl (C=O) groups excluding carboxylic acids is 1. The van der Waals surface area contributed by atoms with Gasteiger partial charge in [-0.1, -0.05) is 25.4 Å². The van der Waals surface area contributed by atoms with E-state index >= 15 is 0 Å². The van der Waals surface area contributed by atoms with E-state index in [1.807, 2.05) is 6.07 Å². The molecule has 0 aliphatic carbocycles. The molecular formula is C15H23ClN2O2. The molecule has 0 aliphatic rings. The second kappa shape index (κ2) is 7.50. The molecule has 1 aromatic carbocycles. The summed E-state index contributed by atoms with van der Waals surface area (Å²) in [5.74, 6) is -0.210. The maximum Gasteiger partial charge on any atom is 0.252 e. The predicted molar refractivity (Wildman–Crippen MR) is 83.4 cm³/mol. The molecule has 0 bridgehead atoms. The molecule has 0 heterocycles. The highest BCUT2D eigenvalue weighted by Gasteiger charge is 2.25. The van der Waals surface area contributed by atoms with E-state index in [2.05, 4.69) is 24.5 Å². The highest BCUT2D eigenvalue weighted by molar-refractivity contribution is 6.34. The summed E-state index contributed by atoms with van der Waals surface area (Å²) in [6.45, 7) is 4.94. The van der Waals surface area contributed by atoms with Gasteiger partial charge in [-0.2, -0.15) is 0 Å². The molecule has 0 fully saturated rings. The van der Waals surface area contributed by atoms with E-state index in [0.29, 0.717) is 17.1 Å². The molecule has 112 valence electrons. The molecular weight excluding hydrogens is 276 g/mol. The van der Waals surface area contributed by atoms with Crippen LogP contribution in [0.4, 0.5) is 5.69 Å². The second-order valence-electron chi connectivity index (χ2n) is 4.99.